The molecular formula is C14H20N4O. The lowest BCUT2D eigenvalue weighted by molar-refractivity contribution is -0.105. The van der Waals surface area contributed by atoms with E-state index >= 15 is 0 Å². The van der Waals surface area contributed by atoms with Crippen molar-refractivity contribution in [1.82, 2.24) is 14.9 Å². The molecule has 0 saturated carbocycles. The number of nitrogens with one attached hydrogen (secondary N) is 1. The first kappa shape index (κ1) is 12.6. The van der Waals surface area contributed by atoms with Gasteiger partial charge in [-0.25, -0.2) is 4.98 Å². The van der Waals surface area contributed by atoms with Crippen LogP contribution >= 0.6 is 0 Å². The lowest BCUT2D eigenvalue weighted by Gasteiger charge is -2.40. The zero-order valence-electron chi connectivity index (χ0n) is 11.2. The maximum atomic E-state index is 5.79. The molecule has 1 aliphatic rings. The van der Waals surface area contributed by atoms with Crippen molar-refractivity contribution in [3.63, 3.8) is 0 Å². The highest BCUT2D eigenvalue weighted by molar-refractivity contribution is 5.75. The summed E-state index contributed by atoms with van der Waals surface area (Å²) in [5.41, 5.74) is 9.39. The molecule has 1 fully saturated rings. The van der Waals surface area contributed by atoms with Crippen LogP contribution in [0.4, 0.5) is 0 Å². The molecule has 0 spiro atoms. The summed E-state index contributed by atoms with van der Waals surface area (Å²) in [6.07, 6.45) is 1.84. The smallest absolute Gasteiger partial charge is 0.0955 e. The van der Waals surface area contributed by atoms with E-state index in [2.05, 4.69) is 28.5 Å². The Hall–Kier alpha value is -1.43. The molecule has 0 bridgehead atoms. The van der Waals surface area contributed by atoms with Gasteiger partial charge in [-0.15, -0.1) is 0 Å². The lowest BCUT2D eigenvalue weighted by Crippen LogP contribution is -2.54. The van der Waals surface area contributed by atoms with E-state index in [1.54, 1.807) is 0 Å². The predicted molar refractivity (Wildman–Crippen MR) is 74.7 cm³/mol. The predicted octanol–water partition coefficient (Wildman–Crippen LogP) is 0.638. The van der Waals surface area contributed by atoms with Crippen LogP contribution in [-0.4, -0.2) is 35.9 Å². The van der Waals surface area contributed by atoms with Crippen LogP contribution in [0.3, 0.4) is 0 Å². The zero-order chi connectivity index (χ0) is 13.3. The Bertz CT molecular complexity index is 568. The second kappa shape index (κ2) is 4.92. The molecule has 1 aromatic heterocycles. The summed E-state index contributed by atoms with van der Waals surface area (Å²) in [7, 11) is 2.01. The summed E-state index contributed by atoms with van der Waals surface area (Å²) in [6, 6.07) is 6.39. The molecule has 5 heteroatoms. The molecule has 102 valence electrons. The maximum Gasteiger partial charge on any atom is 0.0955 e. The molecule has 1 aromatic carbocycles. The lowest BCUT2D eigenvalue weighted by atomic mass is 9.86. The second-order valence-electron chi connectivity index (χ2n) is 5.48. The Labute approximate surface area is 112 Å². The zero-order valence-corrected chi connectivity index (χ0v) is 11.2. The topological polar surface area (TPSA) is 65.1 Å². The van der Waals surface area contributed by atoms with Gasteiger partial charge in [0.2, 0.25) is 0 Å². The maximum absolute atomic E-state index is 5.79. The number of aryl methyl sites for hydroxylation is 1. The average Bonchev–Trinajstić information content (AvgIpc) is 2.74. The first-order valence-corrected chi connectivity index (χ1v) is 6.61. The van der Waals surface area contributed by atoms with Gasteiger partial charge in [-0.1, -0.05) is 6.07 Å². The van der Waals surface area contributed by atoms with Crippen molar-refractivity contribution in [2.75, 3.05) is 26.3 Å². The highest BCUT2D eigenvalue weighted by Gasteiger charge is 2.36. The SMILES string of the molecule is Cn1cnc2cc(CNCC3(CN)COC3)ccc21. The van der Waals surface area contributed by atoms with Gasteiger partial charge in [-0.05, 0) is 17.7 Å². The van der Waals surface area contributed by atoms with Crippen molar-refractivity contribution in [2.45, 2.75) is 6.54 Å². The Morgan fingerprint density at radius 1 is 1.47 bits per heavy atom. The summed E-state index contributed by atoms with van der Waals surface area (Å²) in [5, 5.41) is 3.47. The molecule has 19 heavy (non-hydrogen) atoms. The van der Waals surface area contributed by atoms with Crippen LogP contribution in [0.25, 0.3) is 11.0 Å². The second-order valence-corrected chi connectivity index (χ2v) is 5.48. The van der Waals surface area contributed by atoms with Gasteiger partial charge in [-0.3, -0.25) is 0 Å². The minimum absolute atomic E-state index is 0.148. The fourth-order valence-corrected chi connectivity index (χ4v) is 2.45. The van der Waals surface area contributed by atoms with E-state index in [0.29, 0.717) is 6.54 Å². The summed E-state index contributed by atoms with van der Waals surface area (Å²) in [5.74, 6) is 0. The third-order valence-electron chi connectivity index (χ3n) is 3.87. The first-order valence-electron chi connectivity index (χ1n) is 6.61. The first-order chi connectivity index (χ1) is 9.22. The Balaban J connectivity index is 1.62. The number of ether oxygens (including phenoxy) is 1. The molecule has 0 unspecified atom stereocenters. The van der Waals surface area contributed by atoms with Gasteiger partial charge in [0, 0.05) is 32.1 Å². The number of rotatable bonds is 5. The number of aromatic nitrogens is 2. The van der Waals surface area contributed by atoms with Crippen LogP contribution < -0.4 is 11.1 Å². The van der Waals surface area contributed by atoms with Gasteiger partial charge >= 0.3 is 0 Å². The van der Waals surface area contributed by atoms with Crippen molar-refractivity contribution in [1.29, 1.82) is 0 Å². The molecule has 0 atom stereocenters. The quantitative estimate of drug-likeness (QED) is 0.828. The van der Waals surface area contributed by atoms with Crippen molar-refractivity contribution < 1.29 is 4.74 Å². The number of hydrogen-bond donors (Lipinski definition) is 2. The van der Waals surface area contributed by atoms with Crippen molar-refractivity contribution in [3.8, 4) is 0 Å². The number of fused-ring (bicyclic) bond motifs is 1. The van der Waals surface area contributed by atoms with Gasteiger partial charge in [-0.2, -0.15) is 0 Å². The van der Waals surface area contributed by atoms with Gasteiger partial charge in [0.25, 0.3) is 0 Å². The van der Waals surface area contributed by atoms with Crippen molar-refractivity contribution in [3.05, 3.63) is 30.1 Å². The molecule has 1 saturated heterocycles. The summed E-state index contributed by atoms with van der Waals surface area (Å²) >= 11 is 0. The van der Waals surface area contributed by atoms with Crippen LogP contribution in [0.5, 0.6) is 0 Å². The van der Waals surface area contributed by atoms with E-state index in [1.807, 2.05) is 17.9 Å². The van der Waals surface area contributed by atoms with Crippen molar-refractivity contribution >= 4 is 11.0 Å². The van der Waals surface area contributed by atoms with E-state index in [-0.39, 0.29) is 5.41 Å². The average molecular weight is 260 g/mol. The molecule has 5 nitrogen and oxygen atoms in total. The van der Waals surface area contributed by atoms with Gasteiger partial charge in [0.1, 0.15) is 0 Å². The van der Waals surface area contributed by atoms with Crippen molar-refractivity contribution in [2.24, 2.45) is 18.2 Å². The van der Waals surface area contributed by atoms with E-state index in [4.69, 9.17) is 10.5 Å². The standard InChI is InChI=1S/C14H20N4O/c1-18-10-17-12-4-11(2-3-13(12)18)5-16-7-14(6-15)8-19-9-14/h2-4,10,16H,5-9,15H2,1H3. The van der Waals surface area contributed by atoms with E-state index in [1.165, 1.54) is 5.56 Å². The van der Waals surface area contributed by atoms with Crippen LogP contribution in [0.1, 0.15) is 5.56 Å². The van der Waals surface area contributed by atoms with Gasteiger partial charge < -0.3 is 20.4 Å². The van der Waals surface area contributed by atoms with E-state index < -0.39 is 0 Å². The molecular weight excluding hydrogens is 240 g/mol. The van der Waals surface area contributed by atoms with Crippen LogP contribution in [-0.2, 0) is 18.3 Å². The van der Waals surface area contributed by atoms with E-state index in [0.717, 1.165) is 37.3 Å². The number of nitrogens with two attached hydrogens (primary N) is 1. The minimum Gasteiger partial charge on any atom is -0.380 e. The molecule has 2 aromatic rings. The number of benzene rings is 1. The number of hydrogen-bond acceptors (Lipinski definition) is 4. The normalized spacial score (nSPS) is 17.6. The van der Waals surface area contributed by atoms with Gasteiger partial charge in [0.15, 0.2) is 0 Å². The van der Waals surface area contributed by atoms with Crippen LogP contribution in [0.15, 0.2) is 24.5 Å². The van der Waals surface area contributed by atoms with E-state index in [9.17, 15) is 0 Å². The number of imidazole rings is 1. The Morgan fingerprint density at radius 2 is 2.32 bits per heavy atom. The molecule has 2 heterocycles. The number of nitrogens with zero attached hydrogens (tertiary/aromatic N) is 2. The monoisotopic (exact) mass is 260 g/mol. The molecule has 0 aliphatic carbocycles. The summed E-state index contributed by atoms with van der Waals surface area (Å²) in [4.78, 5) is 4.37. The highest BCUT2D eigenvalue weighted by atomic mass is 16.5. The van der Waals surface area contributed by atoms with Crippen LogP contribution in [0.2, 0.25) is 0 Å². The third-order valence-corrected chi connectivity index (χ3v) is 3.87. The Morgan fingerprint density at radius 3 is 3.00 bits per heavy atom. The van der Waals surface area contributed by atoms with Gasteiger partial charge in [0.05, 0.1) is 30.6 Å². The third kappa shape index (κ3) is 2.36. The highest BCUT2D eigenvalue weighted by Crippen LogP contribution is 2.25. The summed E-state index contributed by atoms with van der Waals surface area (Å²) < 4.78 is 7.29. The minimum atomic E-state index is 0.148. The Kier molecular flexibility index (Phi) is 3.26. The molecule has 0 radical (unpaired) electrons. The fraction of sp³-hybridized carbons (Fsp3) is 0.500. The summed E-state index contributed by atoms with van der Waals surface area (Å²) in [6.45, 7) is 3.98. The molecule has 3 N–H and O–H groups in total. The largest absolute Gasteiger partial charge is 0.380 e. The molecule has 1 aliphatic heterocycles. The fourth-order valence-electron chi connectivity index (χ4n) is 2.45. The van der Waals surface area contributed by atoms with Crippen LogP contribution in [0, 0.1) is 5.41 Å². The molecule has 0 amide bonds. The molecule has 3 rings (SSSR count).